The summed E-state index contributed by atoms with van der Waals surface area (Å²) in [7, 11) is 0. The van der Waals surface area contributed by atoms with Crippen molar-refractivity contribution >= 4 is 33.3 Å². The molecule has 5 nitrogen and oxygen atoms in total. The fourth-order valence-electron chi connectivity index (χ4n) is 3.12. The van der Waals surface area contributed by atoms with Gasteiger partial charge in [0.1, 0.15) is 11.6 Å². The molecular weight excluding hydrogens is 325 g/mol. The van der Waals surface area contributed by atoms with E-state index < -0.39 is 0 Å². The standard InChI is InChI=1S/C17H18FN5S/c1-11-9-16(14-10-13(18)3-4-15(14)19-11)22-5-7-23(8-6-22)17-20-12(2)21-24-17/h3-4,9-10H,5-8H2,1-2H3. The third kappa shape index (κ3) is 2.80. The molecule has 1 saturated heterocycles. The van der Waals surface area contributed by atoms with E-state index in [4.69, 9.17) is 0 Å². The summed E-state index contributed by atoms with van der Waals surface area (Å²) >= 11 is 1.45. The van der Waals surface area contributed by atoms with Crippen molar-refractivity contribution < 1.29 is 4.39 Å². The summed E-state index contributed by atoms with van der Waals surface area (Å²) in [6, 6.07) is 6.85. The van der Waals surface area contributed by atoms with E-state index in [0.29, 0.717) is 0 Å². The molecule has 0 aliphatic carbocycles. The minimum Gasteiger partial charge on any atom is -0.367 e. The largest absolute Gasteiger partial charge is 0.367 e. The van der Waals surface area contributed by atoms with Crippen LogP contribution in [0.15, 0.2) is 24.3 Å². The lowest BCUT2D eigenvalue weighted by molar-refractivity contribution is 0.629. The number of benzene rings is 1. The zero-order valence-corrected chi connectivity index (χ0v) is 14.5. The van der Waals surface area contributed by atoms with Gasteiger partial charge in [-0.05, 0) is 38.1 Å². The van der Waals surface area contributed by atoms with Gasteiger partial charge in [0.15, 0.2) is 0 Å². The molecule has 0 atom stereocenters. The second kappa shape index (κ2) is 5.98. The maximum Gasteiger partial charge on any atom is 0.205 e. The Bertz CT molecular complexity index is 886. The number of rotatable bonds is 2. The van der Waals surface area contributed by atoms with Crippen LogP contribution in [0.5, 0.6) is 0 Å². The maximum atomic E-state index is 13.7. The first-order valence-corrected chi connectivity index (χ1v) is 8.74. The molecule has 24 heavy (non-hydrogen) atoms. The average Bonchev–Trinajstić information content (AvgIpc) is 3.01. The van der Waals surface area contributed by atoms with E-state index in [9.17, 15) is 4.39 Å². The SMILES string of the molecule is Cc1cc(N2CCN(c3nc(C)ns3)CC2)c2cc(F)ccc2n1. The van der Waals surface area contributed by atoms with Crippen molar-refractivity contribution in [1.29, 1.82) is 0 Å². The Hall–Kier alpha value is -2.28. The molecule has 4 rings (SSSR count). The van der Waals surface area contributed by atoms with E-state index in [0.717, 1.165) is 59.4 Å². The lowest BCUT2D eigenvalue weighted by atomic mass is 10.1. The van der Waals surface area contributed by atoms with E-state index in [-0.39, 0.29) is 5.82 Å². The molecular formula is C17H18FN5S. The molecule has 1 aliphatic heterocycles. The predicted octanol–water partition coefficient (Wildman–Crippen LogP) is 3.17. The second-order valence-corrected chi connectivity index (χ2v) is 6.77. The summed E-state index contributed by atoms with van der Waals surface area (Å²) in [4.78, 5) is 13.5. The number of nitrogens with zero attached hydrogens (tertiary/aromatic N) is 5. The molecule has 0 bridgehead atoms. The minimum atomic E-state index is -0.225. The summed E-state index contributed by atoms with van der Waals surface area (Å²) in [5, 5.41) is 1.86. The van der Waals surface area contributed by atoms with Crippen LogP contribution in [0, 0.1) is 19.7 Å². The van der Waals surface area contributed by atoms with Crippen LogP contribution in [-0.4, -0.2) is 40.5 Å². The lowest BCUT2D eigenvalue weighted by Gasteiger charge is -2.36. The molecule has 0 radical (unpaired) electrons. The molecule has 0 unspecified atom stereocenters. The van der Waals surface area contributed by atoms with Gasteiger partial charge in [0.05, 0.1) is 5.52 Å². The van der Waals surface area contributed by atoms with Crippen LogP contribution in [-0.2, 0) is 0 Å². The predicted molar refractivity (Wildman–Crippen MR) is 95.5 cm³/mol. The van der Waals surface area contributed by atoms with Crippen molar-refractivity contribution in [2.45, 2.75) is 13.8 Å². The van der Waals surface area contributed by atoms with Gasteiger partial charge in [-0.2, -0.15) is 4.37 Å². The Balaban J connectivity index is 1.61. The van der Waals surface area contributed by atoms with E-state index >= 15 is 0 Å². The Morgan fingerprint density at radius 1 is 1.00 bits per heavy atom. The smallest absolute Gasteiger partial charge is 0.205 e. The summed E-state index contributed by atoms with van der Waals surface area (Å²) in [6.45, 7) is 7.39. The Morgan fingerprint density at radius 2 is 1.75 bits per heavy atom. The molecule has 1 aromatic carbocycles. The number of hydrogen-bond acceptors (Lipinski definition) is 6. The normalized spacial score (nSPS) is 15.3. The van der Waals surface area contributed by atoms with Crippen LogP contribution in [0.25, 0.3) is 10.9 Å². The van der Waals surface area contributed by atoms with Gasteiger partial charge in [0.2, 0.25) is 5.13 Å². The number of fused-ring (bicyclic) bond motifs is 1. The van der Waals surface area contributed by atoms with Gasteiger partial charge in [0, 0.05) is 54.5 Å². The zero-order chi connectivity index (χ0) is 16.7. The van der Waals surface area contributed by atoms with Crippen molar-refractivity contribution in [3.8, 4) is 0 Å². The molecule has 124 valence electrons. The minimum absolute atomic E-state index is 0.225. The third-order valence-corrected chi connectivity index (χ3v) is 5.15. The number of aromatic nitrogens is 3. The van der Waals surface area contributed by atoms with Crippen molar-refractivity contribution in [1.82, 2.24) is 14.3 Å². The first-order chi connectivity index (χ1) is 11.6. The fraction of sp³-hybridized carbons (Fsp3) is 0.353. The third-order valence-electron chi connectivity index (χ3n) is 4.28. The van der Waals surface area contributed by atoms with Crippen LogP contribution >= 0.6 is 11.5 Å². The highest BCUT2D eigenvalue weighted by atomic mass is 32.1. The Morgan fingerprint density at radius 3 is 2.46 bits per heavy atom. The summed E-state index contributed by atoms with van der Waals surface area (Å²) in [5.41, 5.74) is 2.85. The van der Waals surface area contributed by atoms with Gasteiger partial charge >= 0.3 is 0 Å². The van der Waals surface area contributed by atoms with Crippen molar-refractivity contribution in [2.24, 2.45) is 0 Å². The molecule has 2 aromatic heterocycles. The average molecular weight is 343 g/mol. The molecule has 1 fully saturated rings. The van der Waals surface area contributed by atoms with Crippen LogP contribution in [0.4, 0.5) is 15.2 Å². The zero-order valence-electron chi connectivity index (χ0n) is 13.7. The van der Waals surface area contributed by atoms with Gasteiger partial charge in [-0.3, -0.25) is 4.98 Å². The van der Waals surface area contributed by atoms with Gasteiger partial charge < -0.3 is 9.80 Å². The Kier molecular flexibility index (Phi) is 3.80. The number of aryl methyl sites for hydroxylation is 2. The summed E-state index contributed by atoms with van der Waals surface area (Å²) in [5.74, 6) is 0.598. The quantitative estimate of drug-likeness (QED) is 0.715. The number of piperazine rings is 1. The summed E-state index contributed by atoms with van der Waals surface area (Å²) < 4.78 is 18.0. The van der Waals surface area contributed by atoms with Crippen LogP contribution < -0.4 is 9.80 Å². The molecule has 1 aliphatic rings. The molecule has 3 aromatic rings. The highest BCUT2D eigenvalue weighted by Gasteiger charge is 2.21. The molecule has 0 saturated carbocycles. The van der Waals surface area contributed by atoms with Crippen molar-refractivity contribution in [3.63, 3.8) is 0 Å². The van der Waals surface area contributed by atoms with Gasteiger partial charge in [-0.1, -0.05) is 0 Å². The number of pyridine rings is 1. The van der Waals surface area contributed by atoms with Gasteiger partial charge in [0.25, 0.3) is 0 Å². The Labute approximate surface area is 143 Å². The van der Waals surface area contributed by atoms with Crippen molar-refractivity contribution in [3.05, 3.63) is 41.6 Å². The highest BCUT2D eigenvalue weighted by Crippen LogP contribution is 2.29. The number of hydrogen-bond donors (Lipinski definition) is 0. The van der Waals surface area contributed by atoms with Gasteiger partial charge in [-0.25, -0.2) is 9.37 Å². The van der Waals surface area contributed by atoms with Crippen LogP contribution in [0.2, 0.25) is 0 Å². The van der Waals surface area contributed by atoms with Crippen molar-refractivity contribution in [2.75, 3.05) is 36.0 Å². The molecule has 0 amide bonds. The highest BCUT2D eigenvalue weighted by molar-refractivity contribution is 7.09. The summed E-state index contributed by atoms with van der Waals surface area (Å²) in [6.07, 6.45) is 0. The fourth-order valence-corrected chi connectivity index (χ4v) is 3.85. The first-order valence-electron chi connectivity index (χ1n) is 7.97. The van der Waals surface area contributed by atoms with Crippen LogP contribution in [0.1, 0.15) is 11.5 Å². The molecule has 0 spiro atoms. The maximum absolute atomic E-state index is 13.7. The molecule has 7 heteroatoms. The number of halogens is 1. The van der Waals surface area contributed by atoms with E-state index in [2.05, 4.69) is 24.1 Å². The van der Waals surface area contributed by atoms with E-state index in [1.807, 2.05) is 19.9 Å². The molecule has 0 N–H and O–H groups in total. The van der Waals surface area contributed by atoms with E-state index in [1.165, 1.54) is 17.6 Å². The lowest BCUT2D eigenvalue weighted by Crippen LogP contribution is -2.46. The van der Waals surface area contributed by atoms with Crippen LogP contribution in [0.3, 0.4) is 0 Å². The topological polar surface area (TPSA) is 45.2 Å². The van der Waals surface area contributed by atoms with E-state index in [1.54, 1.807) is 12.1 Å². The monoisotopic (exact) mass is 343 g/mol. The van der Waals surface area contributed by atoms with Gasteiger partial charge in [-0.15, -0.1) is 0 Å². The second-order valence-electron chi connectivity index (χ2n) is 6.04. The first kappa shape index (κ1) is 15.3. The number of anilines is 2. The molecule has 3 heterocycles.